The van der Waals surface area contributed by atoms with E-state index in [2.05, 4.69) is 4.98 Å². The Hall–Kier alpha value is -2.47. The van der Waals surface area contributed by atoms with Gasteiger partial charge in [0, 0.05) is 11.1 Å². The highest BCUT2D eigenvalue weighted by molar-refractivity contribution is 7.52. The minimum atomic E-state index is -3.77. The van der Waals surface area contributed by atoms with Gasteiger partial charge in [-0.15, -0.1) is 0 Å². The van der Waals surface area contributed by atoms with Gasteiger partial charge in [-0.05, 0) is 45.9 Å². The zero-order chi connectivity index (χ0) is 20.5. The maximum absolute atomic E-state index is 13.5. The maximum Gasteiger partial charge on any atom is 0.442 e. The molecular weight excluding hydrogens is 377 g/mol. The van der Waals surface area contributed by atoms with E-state index < -0.39 is 7.75 Å². The first kappa shape index (κ1) is 20.3. The van der Waals surface area contributed by atoms with Crippen LogP contribution >= 0.6 is 7.75 Å². The number of fused-ring (bicyclic) bond motifs is 1. The van der Waals surface area contributed by atoms with Crippen molar-refractivity contribution in [1.29, 1.82) is 0 Å². The molecule has 2 N–H and O–H groups in total. The van der Waals surface area contributed by atoms with Gasteiger partial charge in [-0.25, -0.2) is 13.9 Å². The second kappa shape index (κ2) is 7.87. The van der Waals surface area contributed by atoms with E-state index in [-0.39, 0.29) is 23.9 Å². The van der Waals surface area contributed by atoms with E-state index in [1.54, 1.807) is 70.2 Å². The predicted molar refractivity (Wildman–Crippen MR) is 109 cm³/mol. The molecule has 0 saturated heterocycles. The summed E-state index contributed by atoms with van der Waals surface area (Å²) in [5, 5.41) is 0. The SMILES string of the molecule is CC(C)OP(=O)(OC(C)C)n1c(N)nc2cc(C(=O)c3ccccc3)ccc21. The molecule has 2 aromatic carbocycles. The summed E-state index contributed by atoms with van der Waals surface area (Å²) in [4.78, 5) is 17.0. The summed E-state index contributed by atoms with van der Waals surface area (Å²) in [6.45, 7) is 7.06. The van der Waals surface area contributed by atoms with E-state index >= 15 is 0 Å². The second-order valence-electron chi connectivity index (χ2n) is 6.96. The highest BCUT2D eigenvalue weighted by atomic mass is 31.2. The Morgan fingerprint density at radius 3 is 2.18 bits per heavy atom. The van der Waals surface area contributed by atoms with Crippen LogP contribution in [0.4, 0.5) is 5.95 Å². The van der Waals surface area contributed by atoms with Gasteiger partial charge in [0.1, 0.15) is 0 Å². The molecule has 0 amide bonds. The Labute approximate surface area is 164 Å². The zero-order valence-corrected chi connectivity index (χ0v) is 17.2. The van der Waals surface area contributed by atoms with Crippen molar-refractivity contribution in [2.45, 2.75) is 39.9 Å². The van der Waals surface area contributed by atoms with Crippen molar-refractivity contribution in [3.63, 3.8) is 0 Å². The molecule has 3 rings (SSSR count). The summed E-state index contributed by atoms with van der Waals surface area (Å²) in [5.74, 6) is -0.125. The van der Waals surface area contributed by atoms with Crippen molar-refractivity contribution in [1.82, 2.24) is 9.32 Å². The number of benzene rings is 2. The average Bonchev–Trinajstić information content (AvgIpc) is 2.95. The third-order valence-electron chi connectivity index (χ3n) is 3.89. The molecule has 28 heavy (non-hydrogen) atoms. The normalized spacial score (nSPS) is 12.2. The van der Waals surface area contributed by atoms with Crippen LogP contribution in [0.2, 0.25) is 0 Å². The van der Waals surface area contributed by atoms with Crippen LogP contribution in [-0.2, 0) is 13.6 Å². The van der Waals surface area contributed by atoms with E-state index in [4.69, 9.17) is 14.8 Å². The van der Waals surface area contributed by atoms with Gasteiger partial charge >= 0.3 is 7.75 Å². The first-order chi connectivity index (χ1) is 13.2. The summed E-state index contributed by atoms with van der Waals surface area (Å²) in [7, 11) is -3.77. The van der Waals surface area contributed by atoms with Crippen molar-refractivity contribution in [2.75, 3.05) is 5.73 Å². The molecule has 0 bridgehead atoms. The molecule has 0 aliphatic rings. The molecule has 0 unspecified atom stereocenters. The molecule has 0 aliphatic heterocycles. The molecule has 0 spiro atoms. The third-order valence-corrected chi connectivity index (χ3v) is 6.17. The molecule has 0 aliphatic carbocycles. The summed E-state index contributed by atoms with van der Waals surface area (Å²) >= 11 is 0. The van der Waals surface area contributed by atoms with Crippen molar-refractivity contribution >= 4 is 30.5 Å². The lowest BCUT2D eigenvalue weighted by Gasteiger charge is -2.24. The van der Waals surface area contributed by atoms with Gasteiger partial charge in [0.25, 0.3) is 0 Å². The molecule has 7 nitrogen and oxygen atoms in total. The Bertz CT molecular complexity index is 1030. The monoisotopic (exact) mass is 401 g/mol. The van der Waals surface area contributed by atoms with Crippen LogP contribution < -0.4 is 5.73 Å². The molecule has 0 saturated carbocycles. The number of anilines is 1. The lowest BCUT2D eigenvalue weighted by Crippen LogP contribution is -2.14. The van der Waals surface area contributed by atoms with Crippen LogP contribution in [0.3, 0.4) is 0 Å². The van der Waals surface area contributed by atoms with Gasteiger partial charge in [-0.3, -0.25) is 13.8 Å². The number of carbonyl (C=O) groups excluding carboxylic acids is 1. The number of hydrogen-bond acceptors (Lipinski definition) is 6. The van der Waals surface area contributed by atoms with E-state index in [1.165, 1.54) is 4.34 Å². The number of nitrogens with two attached hydrogens (primary N) is 1. The minimum Gasteiger partial charge on any atom is -0.369 e. The highest BCUT2D eigenvalue weighted by Crippen LogP contribution is 2.55. The van der Waals surface area contributed by atoms with Gasteiger partial charge in [0.05, 0.1) is 23.2 Å². The molecular formula is C20H24N3O4P. The maximum atomic E-state index is 13.5. The first-order valence-corrected chi connectivity index (χ1v) is 10.6. The zero-order valence-electron chi connectivity index (χ0n) is 16.3. The van der Waals surface area contributed by atoms with Crippen LogP contribution in [-0.4, -0.2) is 27.3 Å². The molecule has 148 valence electrons. The van der Waals surface area contributed by atoms with Crippen molar-refractivity contribution in [2.24, 2.45) is 0 Å². The number of nitrogen functional groups attached to an aromatic ring is 1. The molecule has 3 aromatic rings. The van der Waals surface area contributed by atoms with Gasteiger partial charge < -0.3 is 5.73 Å². The summed E-state index contributed by atoms with van der Waals surface area (Å²) in [6.07, 6.45) is -0.694. The number of imidazole rings is 1. The Morgan fingerprint density at radius 1 is 1.00 bits per heavy atom. The fourth-order valence-electron chi connectivity index (χ4n) is 2.89. The lowest BCUT2D eigenvalue weighted by atomic mass is 10.0. The van der Waals surface area contributed by atoms with E-state index in [0.29, 0.717) is 22.2 Å². The molecule has 0 fully saturated rings. The number of hydrogen-bond donors (Lipinski definition) is 1. The smallest absolute Gasteiger partial charge is 0.369 e. The number of aromatic nitrogens is 2. The minimum absolute atomic E-state index is 0.00365. The van der Waals surface area contributed by atoms with E-state index in [0.717, 1.165) is 0 Å². The van der Waals surface area contributed by atoms with Crippen molar-refractivity contribution in [3.8, 4) is 0 Å². The van der Waals surface area contributed by atoms with Gasteiger partial charge in [-0.2, -0.15) is 0 Å². The van der Waals surface area contributed by atoms with Crippen LogP contribution in [0.15, 0.2) is 48.5 Å². The number of carbonyl (C=O) groups is 1. The Kier molecular flexibility index (Phi) is 5.70. The fraction of sp³-hybridized carbons (Fsp3) is 0.300. The van der Waals surface area contributed by atoms with Crippen LogP contribution in [0.5, 0.6) is 0 Å². The average molecular weight is 401 g/mol. The molecule has 1 heterocycles. The van der Waals surface area contributed by atoms with Gasteiger partial charge in [-0.1, -0.05) is 30.3 Å². The Morgan fingerprint density at radius 2 is 1.61 bits per heavy atom. The topological polar surface area (TPSA) is 96.4 Å². The van der Waals surface area contributed by atoms with Crippen molar-refractivity contribution in [3.05, 3.63) is 59.7 Å². The largest absolute Gasteiger partial charge is 0.442 e. The number of rotatable bonds is 7. The molecule has 0 atom stereocenters. The number of ketones is 1. The summed E-state index contributed by atoms with van der Waals surface area (Å²) in [5.41, 5.74) is 8.03. The third kappa shape index (κ3) is 4.02. The number of nitrogens with zero attached hydrogens (tertiary/aromatic N) is 2. The van der Waals surface area contributed by atoms with E-state index in [1.807, 2.05) is 6.07 Å². The van der Waals surface area contributed by atoms with Gasteiger partial charge in [0.2, 0.25) is 5.95 Å². The quantitative estimate of drug-likeness (QED) is 0.457. The lowest BCUT2D eigenvalue weighted by molar-refractivity contribution is 0.103. The summed E-state index contributed by atoms with van der Waals surface area (Å²) < 4.78 is 26.1. The highest BCUT2D eigenvalue weighted by Gasteiger charge is 2.34. The second-order valence-corrected chi connectivity index (χ2v) is 8.72. The van der Waals surface area contributed by atoms with E-state index in [9.17, 15) is 9.36 Å². The fourth-order valence-corrected chi connectivity index (χ4v) is 4.93. The van der Waals surface area contributed by atoms with Crippen LogP contribution in [0.25, 0.3) is 11.0 Å². The van der Waals surface area contributed by atoms with Crippen molar-refractivity contribution < 1.29 is 18.4 Å². The standard InChI is InChI=1S/C20H24N3O4P/c1-13(2)26-28(25,27-14(3)4)23-18-11-10-16(12-17(18)22-20(23)21)19(24)15-8-6-5-7-9-15/h5-14H,1-4H3,(H2,21,22). The van der Waals surface area contributed by atoms with Gasteiger partial charge in [0.15, 0.2) is 5.78 Å². The van der Waals surface area contributed by atoms with Crippen LogP contribution in [0.1, 0.15) is 43.6 Å². The molecule has 0 radical (unpaired) electrons. The Balaban J connectivity index is 2.09. The van der Waals surface area contributed by atoms with Crippen LogP contribution in [0, 0.1) is 0 Å². The molecule has 1 aromatic heterocycles. The predicted octanol–water partition coefficient (Wildman–Crippen LogP) is 4.66. The molecule has 8 heteroatoms. The first-order valence-electron chi connectivity index (χ1n) is 9.06. The summed E-state index contributed by atoms with van der Waals surface area (Å²) in [6, 6.07) is 13.9.